The van der Waals surface area contributed by atoms with Crippen LogP contribution in [0.25, 0.3) is 0 Å². The summed E-state index contributed by atoms with van der Waals surface area (Å²) in [5, 5.41) is 2.55. The summed E-state index contributed by atoms with van der Waals surface area (Å²) in [5.74, 6) is 0.656. The molecular formula is C15H21NO3. The maximum absolute atomic E-state index is 11.2. The second kappa shape index (κ2) is 7.14. The molecule has 1 aliphatic rings. The van der Waals surface area contributed by atoms with E-state index in [-0.39, 0.29) is 18.6 Å². The largest absolute Gasteiger partial charge is 0.483 e. The van der Waals surface area contributed by atoms with Gasteiger partial charge in [0.2, 0.25) is 0 Å². The quantitative estimate of drug-likeness (QED) is 0.883. The molecule has 0 saturated carbocycles. The first-order chi connectivity index (χ1) is 9.29. The van der Waals surface area contributed by atoms with Gasteiger partial charge in [-0.2, -0.15) is 0 Å². The normalized spacial score (nSPS) is 18.9. The minimum atomic E-state index is -0.122. The molecule has 2 rings (SSSR count). The molecule has 19 heavy (non-hydrogen) atoms. The lowest BCUT2D eigenvalue weighted by Gasteiger charge is -2.23. The van der Waals surface area contributed by atoms with E-state index in [9.17, 15) is 4.79 Å². The smallest absolute Gasteiger partial charge is 0.257 e. The second-order valence-electron chi connectivity index (χ2n) is 4.76. The van der Waals surface area contributed by atoms with Gasteiger partial charge >= 0.3 is 0 Å². The molecule has 0 radical (unpaired) electrons. The topological polar surface area (TPSA) is 47.6 Å². The molecule has 1 saturated heterocycles. The number of carbonyl (C=O) groups excluding carboxylic acids is 1. The average molecular weight is 263 g/mol. The second-order valence-corrected chi connectivity index (χ2v) is 4.76. The van der Waals surface area contributed by atoms with Crippen molar-refractivity contribution in [1.82, 2.24) is 5.32 Å². The van der Waals surface area contributed by atoms with Crippen LogP contribution in [0.3, 0.4) is 0 Å². The first kappa shape index (κ1) is 13.9. The Morgan fingerprint density at radius 1 is 1.42 bits per heavy atom. The summed E-state index contributed by atoms with van der Waals surface area (Å²) < 4.78 is 11.3. The number of hydrogen-bond acceptors (Lipinski definition) is 3. The van der Waals surface area contributed by atoms with Crippen molar-refractivity contribution < 1.29 is 14.3 Å². The fourth-order valence-electron chi connectivity index (χ4n) is 2.24. The van der Waals surface area contributed by atoms with Gasteiger partial charge in [0.05, 0.1) is 6.10 Å². The Bertz CT molecular complexity index is 414. The number of amides is 1. The van der Waals surface area contributed by atoms with Gasteiger partial charge in [-0.05, 0) is 30.9 Å². The molecule has 1 aromatic carbocycles. The summed E-state index contributed by atoms with van der Waals surface area (Å²) in [6.45, 7) is 0.908. The SMILES string of the molecule is CNC(=O)COc1ccccc1CC1CCCCO1. The molecule has 1 aliphatic heterocycles. The van der Waals surface area contributed by atoms with Gasteiger partial charge in [0.25, 0.3) is 5.91 Å². The van der Waals surface area contributed by atoms with Crippen molar-refractivity contribution in [1.29, 1.82) is 0 Å². The lowest BCUT2D eigenvalue weighted by atomic mass is 10.0. The van der Waals surface area contributed by atoms with Gasteiger partial charge < -0.3 is 14.8 Å². The number of likely N-dealkylation sites (N-methyl/N-ethyl adjacent to an activating group) is 1. The minimum absolute atomic E-state index is 0.0546. The molecule has 0 aromatic heterocycles. The summed E-state index contributed by atoms with van der Waals surface area (Å²) >= 11 is 0. The molecule has 4 nitrogen and oxygen atoms in total. The third-order valence-corrected chi connectivity index (χ3v) is 3.33. The van der Waals surface area contributed by atoms with E-state index in [2.05, 4.69) is 5.32 Å². The number of para-hydroxylation sites is 1. The standard InChI is InChI=1S/C15H21NO3/c1-16-15(17)11-19-14-8-3-2-6-12(14)10-13-7-4-5-9-18-13/h2-3,6,8,13H,4-5,7,9-11H2,1H3,(H,16,17). The Labute approximate surface area is 114 Å². The van der Waals surface area contributed by atoms with E-state index in [0.717, 1.165) is 37.2 Å². The van der Waals surface area contributed by atoms with Gasteiger partial charge in [0.1, 0.15) is 5.75 Å². The number of nitrogens with one attached hydrogen (secondary N) is 1. The zero-order chi connectivity index (χ0) is 13.5. The van der Waals surface area contributed by atoms with Crippen LogP contribution < -0.4 is 10.1 Å². The van der Waals surface area contributed by atoms with Crippen LogP contribution in [-0.4, -0.2) is 32.3 Å². The van der Waals surface area contributed by atoms with Crippen molar-refractivity contribution in [2.45, 2.75) is 31.8 Å². The molecule has 1 heterocycles. The molecule has 0 aliphatic carbocycles. The van der Waals surface area contributed by atoms with E-state index >= 15 is 0 Å². The molecule has 1 fully saturated rings. The van der Waals surface area contributed by atoms with Gasteiger partial charge in [0.15, 0.2) is 6.61 Å². The van der Waals surface area contributed by atoms with Crippen LogP contribution in [0.1, 0.15) is 24.8 Å². The summed E-state index contributed by atoms with van der Waals surface area (Å²) in [7, 11) is 1.60. The molecule has 4 heteroatoms. The van der Waals surface area contributed by atoms with E-state index in [1.54, 1.807) is 7.05 Å². The van der Waals surface area contributed by atoms with E-state index in [4.69, 9.17) is 9.47 Å². The highest BCUT2D eigenvalue weighted by atomic mass is 16.5. The Morgan fingerprint density at radius 3 is 3.00 bits per heavy atom. The van der Waals surface area contributed by atoms with Gasteiger partial charge in [-0.15, -0.1) is 0 Å². The summed E-state index contributed by atoms with van der Waals surface area (Å²) in [6.07, 6.45) is 4.61. The Hall–Kier alpha value is -1.55. The van der Waals surface area contributed by atoms with Crippen molar-refractivity contribution in [2.24, 2.45) is 0 Å². The molecule has 0 spiro atoms. The fraction of sp³-hybridized carbons (Fsp3) is 0.533. The summed E-state index contributed by atoms with van der Waals surface area (Å²) in [4.78, 5) is 11.2. The van der Waals surface area contributed by atoms with Crippen molar-refractivity contribution >= 4 is 5.91 Å². The van der Waals surface area contributed by atoms with Crippen molar-refractivity contribution in [3.63, 3.8) is 0 Å². The first-order valence-electron chi connectivity index (χ1n) is 6.82. The third kappa shape index (κ3) is 4.24. The van der Waals surface area contributed by atoms with Crippen LogP contribution in [0.5, 0.6) is 5.75 Å². The number of ether oxygens (including phenoxy) is 2. The fourth-order valence-corrected chi connectivity index (χ4v) is 2.24. The van der Waals surface area contributed by atoms with Crippen molar-refractivity contribution in [3.8, 4) is 5.75 Å². The first-order valence-corrected chi connectivity index (χ1v) is 6.82. The van der Waals surface area contributed by atoms with Crippen LogP contribution in [-0.2, 0) is 16.0 Å². The zero-order valence-corrected chi connectivity index (χ0v) is 11.4. The van der Waals surface area contributed by atoms with Crippen LogP contribution in [0.15, 0.2) is 24.3 Å². The van der Waals surface area contributed by atoms with Crippen molar-refractivity contribution in [2.75, 3.05) is 20.3 Å². The predicted molar refractivity (Wildman–Crippen MR) is 73.3 cm³/mol. The van der Waals surface area contributed by atoms with E-state index in [0.29, 0.717) is 0 Å². The van der Waals surface area contributed by atoms with E-state index in [1.807, 2.05) is 24.3 Å². The highest BCUT2D eigenvalue weighted by Crippen LogP contribution is 2.23. The maximum atomic E-state index is 11.2. The summed E-state index contributed by atoms with van der Waals surface area (Å²) in [5.41, 5.74) is 1.11. The number of rotatable bonds is 5. The molecule has 0 bridgehead atoms. The molecule has 104 valence electrons. The Kier molecular flexibility index (Phi) is 5.21. The molecule has 1 atom stereocenters. The van der Waals surface area contributed by atoms with Gasteiger partial charge in [-0.3, -0.25) is 4.79 Å². The number of carbonyl (C=O) groups is 1. The highest BCUT2D eigenvalue weighted by molar-refractivity contribution is 5.77. The maximum Gasteiger partial charge on any atom is 0.257 e. The van der Waals surface area contributed by atoms with Gasteiger partial charge in [-0.25, -0.2) is 0 Å². The molecule has 1 unspecified atom stereocenters. The molecular weight excluding hydrogens is 242 g/mol. The van der Waals surface area contributed by atoms with Crippen LogP contribution in [0.2, 0.25) is 0 Å². The van der Waals surface area contributed by atoms with E-state index in [1.165, 1.54) is 6.42 Å². The Balaban J connectivity index is 1.96. The predicted octanol–water partition coefficient (Wildman–Crippen LogP) is 1.92. The van der Waals surface area contributed by atoms with Crippen molar-refractivity contribution in [3.05, 3.63) is 29.8 Å². The lowest BCUT2D eigenvalue weighted by molar-refractivity contribution is -0.122. The molecule has 1 amide bonds. The lowest BCUT2D eigenvalue weighted by Crippen LogP contribution is -2.25. The summed E-state index contributed by atoms with van der Waals surface area (Å²) in [6, 6.07) is 7.85. The van der Waals surface area contributed by atoms with Crippen LogP contribution >= 0.6 is 0 Å². The minimum Gasteiger partial charge on any atom is -0.483 e. The number of hydrogen-bond donors (Lipinski definition) is 1. The average Bonchev–Trinajstić information content (AvgIpc) is 2.47. The zero-order valence-electron chi connectivity index (χ0n) is 11.4. The van der Waals surface area contributed by atoms with Gasteiger partial charge in [0, 0.05) is 20.1 Å². The molecule has 1 N–H and O–H groups in total. The third-order valence-electron chi connectivity index (χ3n) is 3.33. The molecule has 1 aromatic rings. The van der Waals surface area contributed by atoms with E-state index < -0.39 is 0 Å². The number of benzene rings is 1. The van der Waals surface area contributed by atoms with Crippen LogP contribution in [0.4, 0.5) is 0 Å². The van der Waals surface area contributed by atoms with Gasteiger partial charge in [-0.1, -0.05) is 18.2 Å². The highest BCUT2D eigenvalue weighted by Gasteiger charge is 2.16. The van der Waals surface area contributed by atoms with Crippen LogP contribution in [0, 0.1) is 0 Å². The monoisotopic (exact) mass is 263 g/mol. The Morgan fingerprint density at radius 2 is 2.26 bits per heavy atom.